The highest BCUT2D eigenvalue weighted by Gasteiger charge is 2.31. The molecule has 1 amide bonds. The third-order valence-electron chi connectivity index (χ3n) is 3.86. The molecule has 6 nitrogen and oxygen atoms in total. The summed E-state index contributed by atoms with van der Waals surface area (Å²) >= 11 is 0. The van der Waals surface area contributed by atoms with E-state index in [1.165, 1.54) is 0 Å². The van der Waals surface area contributed by atoms with Gasteiger partial charge in [-0.1, -0.05) is 0 Å². The SMILES string of the molecule is Cc1nc(C2CCCCN2C(=O)c2c[nH]cc2C)n[nH]1. The zero-order chi connectivity index (χ0) is 14.1. The first-order chi connectivity index (χ1) is 9.66. The molecule has 0 bridgehead atoms. The summed E-state index contributed by atoms with van der Waals surface area (Å²) in [6.45, 7) is 4.59. The second kappa shape index (κ2) is 5.11. The van der Waals surface area contributed by atoms with Crippen LogP contribution in [0.2, 0.25) is 0 Å². The van der Waals surface area contributed by atoms with Gasteiger partial charge in [0.25, 0.3) is 5.91 Å². The van der Waals surface area contributed by atoms with Gasteiger partial charge in [-0.05, 0) is 38.7 Å². The number of nitrogens with zero attached hydrogens (tertiary/aromatic N) is 3. The molecule has 20 heavy (non-hydrogen) atoms. The summed E-state index contributed by atoms with van der Waals surface area (Å²) in [5.74, 6) is 1.58. The summed E-state index contributed by atoms with van der Waals surface area (Å²) in [7, 11) is 0. The maximum atomic E-state index is 12.7. The predicted molar refractivity (Wildman–Crippen MR) is 74.3 cm³/mol. The first-order valence-electron chi connectivity index (χ1n) is 7.00. The molecule has 6 heteroatoms. The molecule has 1 unspecified atom stereocenters. The average molecular weight is 273 g/mol. The first-order valence-corrected chi connectivity index (χ1v) is 7.00. The largest absolute Gasteiger partial charge is 0.367 e. The number of carbonyl (C=O) groups is 1. The normalized spacial score (nSPS) is 19.3. The monoisotopic (exact) mass is 273 g/mol. The minimum atomic E-state index is -0.0181. The van der Waals surface area contributed by atoms with Crippen molar-refractivity contribution in [3.05, 3.63) is 35.2 Å². The fourth-order valence-electron chi connectivity index (χ4n) is 2.78. The molecular weight excluding hydrogens is 254 g/mol. The molecule has 2 N–H and O–H groups in total. The van der Waals surface area contributed by atoms with E-state index in [0.29, 0.717) is 0 Å². The Morgan fingerprint density at radius 3 is 2.85 bits per heavy atom. The third-order valence-corrected chi connectivity index (χ3v) is 3.86. The Balaban J connectivity index is 1.89. The Morgan fingerprint density at radius 1 is 1.35 bits per heavy atom. The Kier molecular flexibility index (Phi) is 3.30. The number of amides is 1. The molecule has 0 spiro atoms. The molecule has 0 radical (unpaired) electrons. The molecule has 1 aliphatic heterocycles. The molecule has 0 saturated carbocycles. The van der Waals surface area contributed by atoms with E-state index in [0.717, 1.165) is 48.6 Å². The van der Waals surface area contributed by atoms with E-state index in [4.69, 9.17) is 0 Å². The second-order valence-electron chi connectivity index (χ2n) is 5.34. The molecule has 0 aromatic carbocycles. The lowest BCUT2D eigenvalue weighted by molar-refractivity contribution is 0.0600. The molecule has 1 fully saturated rings. The van der Waals surface area contributed by atoms with Gasteiger partial charge in [0.2, 0.25) is 0 Å². The molecular formula is C14H19N5O. The highest BCUT2D eigenvalue weighted by Crippen LogP contribution is 2.30. The van der Waals surface area contributed by atoms with Crippen LogP contribution >= 0.6 is 0 Å². The number of H-pyrrole nitrogens is 2. The average Bonchev–Trinajstić information content (AvgIpc) is 3.07. The Bertz CT molecular complexity index is 615. The Labute approximate surface area is 117 Å². The summed E-state index contributed by atoms with van der Waals surface area (Å²) in [5, 5.41) is 7.10. The molecule has 106 valence electrons. The standard InChI is InChI=1S/C14H19N5O/c1-9-7-15-8-11(9)14(20)19-6-4-3-5-12(19)13-16-10(2)17-18-13/h7-8,12,15H,3-6H2,1-2H3,(H,16,17,18). The summed E-state index contributed by atoms with van der Waals surface area (Å²) in [5.41, 5.74) is 1.72. The Morgan fingerprint density at radius 2 is 2.20 bits per heavy atom. The van der Waals surface area contributed by atoms with Crippen LogP contribution in [0, 0.1) is 13.8 Å². The van der Waals surface area contributed by atoms with Crippen molar-refractivity contribution in [2.24, 2.45) is 0 Å². The number of carbonyl (C=O) groups excluding carboxylic acids is 1. The number of nitrogens with one attached hydrogen (secondary N) is 2. The molecule has 2 aromatic heterocycles. The minimum absolute atomic E-state index is 0.0181. The quantitative estimate of drug-likeness (QED) is 0.879. The predicted octanol–water partition coefficient (Wildman–Crippen LogP) is 2.12. The molecule has 2 aromatic rings. The van der Waals surface area contributed by atoms with Crippen molar-refractivity contribution in [3.63, 3.8) is 0 Å². The maximum absolute atomic E-state index is 12.7. The van der Waals surface area contributed by atoms with Gasteiger partial charge in [0.15, 0.2) is 5.82 Å². The summed E-state index contributed by atoms with van der Waals surface area (Å²) in [6, 6.07) is -0.0181. The van der Waals surface area contributed by atoms with Crippen molar-refractivity contribution in [3.8, 4) is 0 Å². The smallest absolute Gasteiger partial charge is 0.256 e. The molecule has 1 aliphatic rings. The highest BCUT2D eigenvalue weighted by atomic mass is 16.2. The Hall–Kier alpha value is -2.11. The summed E-state index contributed by atoms with van der Waals surface area (Å²) in [6.07, 6.45) is 6.69. The summed E-state index contributed by atoms with van der Waals surface area (Å²) < 4.78 is 0. The van der Waals surface area contributed by atoms with Crippen LogP contribution in [0.1, 0.15) is 52.9 Å². The number of rotatable bonds is 2. The van der Waals surface area contributed by atoms with Gasteiger partial charge in [-0.15, -0.1) is 0 Å². The van der Waals surface area contributed by atoms with Crippen LogP contribution in [0.25, 0.3) is 0 Å². The van der Waals surface area contributed by atoms with E-state index in [-0.39, 0.29) is 11.9 Å². The number of aromatic amines is 2. The number of aromatic nitrogens is 4. The van der Waals surface area contributed by atoms with Gasteiger partial charge in [-0.3, -0.25) is 9.89 Å². The van der Waals surface area contributed by atoms with Crippen LogP contribution < -0.4 is 0 Å². The molecule has 1 atom stereocenters. The van der Waals surface area contributed by atoms with E-state index in [1.807, 2.05) is 24.9 Å². The molecule has 3 rings (SSSR count). The topological polar surface area (TPSA) is 77.7 Å². The van der Waals surface area contributed by atoms with Crippen molar-refractivity contribution in [2.75, 3.05) is 6.54 Å². The van der Waals surface area contributed by atoms with Crippen LogP contribution in [0.3, 0.4) is 0 Å². The van der Waals surface area contributed by atoms with Crippen molar-refractivity contribution in [1.29, 1.82) is 0 Å². The number of piperidine rings is 1. The number of aryl methyl sites for hydroxylation is 2. The fraction of sp³-hybridized carbons (Fsp3) is 0.500. The zero-order valence-electron chi connectivity index (χ0n) is 11.8. The molecule has 0 aliphatic carbocycles. The fourth-order valence-corrected chi connectivity index (χ4v) is 2.78. The van der Waals surface area contributed by atoms with E-state index >= 15 is 0 Å². The third kappa shape index (κ3) is 2.21. The van der Waals surface area contributed by atoms with Gasteiger partial charge in [-0.2, -0.15) is 5.10 Å². The van der Waals surface area contributed by atoms with Crippen LogP contribution in [-0.2, 0) is 0 Å². The zero-order valence-corrected chi connectivity index (χ0v) is 11.8. The lowest BCUT2D eigenvalue weighted by atomic mass is 10.00. The van der Waals surface area contributed by atoms with Gasteiger partial charge >= 0.3 is 0 Å². The van der Waals surface area contributed by atoms with Crippen LogP contribution in [0.4, 0.5) is 0 Å². The van der Waals surface area contributed by atoms with Crippen molar-refractivity contribution in [1.82, 2.24) is 25.1 Å². The number of hydrogen-bond donors (Lipinski definition) is 2. The van der Waals surface area contributed by atoms with Crippen LogP contribution in [-0.4, -0.2) is 37.5 Å². The second-order valence-corrected chi connectivity index (χ2v) is 5.34. The van der Waals surface area contributed by atoms with Crippen LogP contribution in [0.15, 0.2) is 12.4 Å². The minimum Gasteiger partial charge on any atom is -0.367 e. The van der Waals surface area contributed by atoms with Crippen molar-refractivity contribution >= 4 is 5.91 Å². The number of hydrogen-bond acceptors (Lipinski definition) is 3. The van der Waals surface area contributed by atoms with E-state index < -0.39 is 0 Å². The molecule has 1 saturated heterocycles. The van der Waals surface area contributed by atoms with Gasteiger partial charge in [0, 0.05) is 18.9 Å². The van der Waals surface area contributed by atoms with Gasteiger partial charge in [-0.25, -0.2) is 4.98 Å². The van der Waals surface area contributed by atoms with Crippen molar-refractivity contribution in [2.45, 2.75) is 39.2 Å². The van der Waals surface area contributed by atoms with Crippen LogP contribution in [0.5, 0.6) is 0 Å². The van der Waals surface area contributed by atoms with E-state index in [2.05, 4.69) is 20.2 Å². The van der Waals surface area contributed by atoms with Gasteiger partial charge < -0.3 is 9.88 Å². The lowest BCUT2D eigenvalue weighted by Gasteiger charge is -2.34. The van der Waals surface area contributed by atoms with Gasteiger partial charge in [0.05, 0.1) is 11.6 Å². The van der Waals surface area contributed by atoms with Crippen molar-refractivity contribution < 1.29 is 4.79 Å². The maximum Gasteiger partial charge on any atom is 0.256 e. The highest BCUT2D eigenvalue weighted by molar-refractivity contribution is 5.95. The molecule has 3 heterocycles. The lowest BCUT2D eigenvalue weighted by Crippen LogP contribution is -2.39. The summed E-state index contributed by atoms with van der Waals surface area (Å²) in [4.78, 5) is 22.0. The van der Waals surface area contributed by atoms with E-state index in [1.54, 1.807) is 6.20 Å². The number of likely N-dealkylation sites (tertiary alicyclic amines) is 1. The van der Waals surface area contributed by atoms with E-state index in [9.17, 15) is 4.79 Å². The van der Waals surface area contributed by atoms with Gasteiger partial charge in [0.1, 0.15) is 5.82 Å². The first kappa shape index (κ1) is 12.9.